The van der Waals surface area contributed by atoms with Crippen LogP contribution in [0.15, 0.2) is 71.8 Å². The summed E-state index contributed by atoms with van der Waals surface area (Å²) in [5.41, 5.74) is 3.76. The summed E-state index contributed by atoms with van der Waals surface area (Å²) in [6.07, 6.45) is 1.37. The van der Waals surface area contributed by atoms with Crippen molar-refractivity contribution in [3.05, 3.63) is 82.4 Å². The van der Waals surface area contributed by atoms with Crippen molar-refractivity contribution >= 4 is 34.3 Å². The smallest absolute Gasteiger partial charge is 0.270 e. The lowest BCUT2D eigenvalue weighted by Gasteiger charge is -2.14. The number of anilines is 1. The van der Waals surface area contributed by atoms with Gasteiger partial charge < -0.3 is 5.32 Å². The molecule has 0 unspecified atom stereocenters. The topological polar surface area (TPSA) is 96.6 Å². The Hall–Kier alpha value is -3.74. The van der Waals surface area contributed by atoms with E-state index in [0.717, 1.165) is 16.5 Å². The van der Waals surface area contributed by atoms with Crippen molar-refractivity contribution < 1.29 is 9.72 Å². The van der Waals surface area contributed by atoms with Crippen molar-refractivity contribution in [1.82, 2.24) is 5.43 Å². The van der Waals surface area contributed by atoms with Gasteiger partial charge in [-0.25, -0.2) is 5.43 Å². The fourth-order valence-electron chi connectivity index (χ4n) is 2.58. The van der Waals surface area contributed by atoms with Crippen molar-refractivity contribution in [3.8, 4) is 0 Å². The van der Waals surface area contributed by atoms with E-state index in [-0.39, 0.29) is 11.6 Å². The van der Waals surface area contributed by atoms with Crippen molar-refractivity contribution in [3.63, 3.8) is 0 Å². The van der Waals surface area contributed by atoms with Gasteiger partial charge in [0.2, 0.25) is 0 Å². The molecule has 0 aliphatic rings. The lowest BCUT2D eigenvalue weighted by Crippen LogP contribution is -2.34. The van der Waals surface area contributed by atoms with Crippen LogP contribution >= 0.6 is 0 Å². The van der Waals surface area contributed by atoms with Gasteiger partial charge in [0, 0.05) is 23.4 Å². The molecule has 7 nitrogen and oxygen atoms in total. The van der Waals surface area contributed by atoms with E-state index in [1.807, 2.05) is 42.5 Å². The summed E-state index contributed by atoms with van der Waals surface area (Å²) in [5, 5.41) is 20.0. The van der Waals surface area contributed by atoms with E-state index in [4.69, 9.17) is 0 Å². The molecule has 0 saturated carbocycles. The number of hydrogen-bond donors (Lipinski definition) is 2. The molecule has 3 aromatic carbocycles. The predicted octanol–water partition coefficient (Wildman–Crippen LogP) is 3.70. The van der Waals surface area contributed by atoms with Crippen LogP contribution in [0.4, 0.5) is 11.4 Å². The minimum absolute atomic E-state index is 0.0309. The molecule has 1 atom stereocenters. The number of carbonyl (C=O) groups excluding carboxylic acids is 1. The summed E-state index contributed by atoms with van der Waals surface area (Å²) in [5.74, 6) is -0.315. The van der Waals surface area contributed by atoms with Crippen molar-refractivity contribution in [1.29, 1.82) is 0 Å². The number of amides is 1. The van der Waals surface area contributed by atoms with E-state index in [1.165, 1.54) is 18.3 Å². The van der Waals surface area contributed by atoms with Crippen molar-refractivity contribution in [2.45, 2.75) is 13.0 Å². The van der Waals surface area contributed by atoms with E-state index in [9.17, 15) is 14.9 Å². The molecule has 0 aliphatic heterocycles. The highest BCUT2D eigenvalue weighted by atomic mass is 16.6. The molecule has 136 valence electrons. The van der Waals surface area contributed by atoms with Gasteiger partial charge in [-0.05, 0) is 29.8 Å². The monoisotopic (exact) mass is 362 g/mol. The molecule has 3 rings (SSSR count). The van der Waals surface area contributed by atoms with E-state index in [2.05, 4.69) is 15.8 Å². The number of benzene rings is 3. The Morgan fingerprint density at radius 3 is 2.63 bits per heavy atom. The first-order chi connectivity index (χ1) is 13.0. The van der Waals surface area contributed by atoms with E-state index in [1.54, 1.807) is 19.1 Å². The van der Waals surface area contributed by atoms with Crippen LogP contribution in [-0.2, 0) is 4.79 Å². The maximum absolute atomic E-state index is 12.2. The molecule has 0 aliphatic carbocycles. The van der Waals surface area contributed by atoms with Crippen LogP contribution in [0.25, 0.3) is 10.8 Å². The Kier molecular flexibility index (Phi) is 5.41. The van der Waals surface area contributed by atoms with Crippen LogP contribution in [0.1, 0.15) is 12.5 Å². The molecular formula is C20H18N4O3. The third kappa shape index (κ3) is 4.66. The molecule has 0 heterocycles. The van der Waals surface area contributed by atoms with Crippen LogP contribution in [0.3, 0.4) is 0 Å². The maximum atomic E-state index is 12.2. The first kappa shape index (κ1) is 18.1. The highest BCUT2D eigenvalue weighted by Gasteiger charge is 2.12. The van der Waals surface area contributed by atoms with Gasteiger partial charge in [-0.3, -0.25) is 14.9 Å². The molecule has 7 heteroatoms. The zero-order valence-electron chi connectivity index (χ0n) is 14.6. The molecule has 0 saturated heterocycles. The number of nitrogens with zero attached hydrogens (tertiary/aromatic N) is 2. The number of nitro benzene ring substituents is 1. The summed E-state index contributed by atoms with van der Waals surface area (Å²) in [4.78, 5) is 22.5. The molecule has 0 fully saturated rings. The number of nitro groups is 1. The Morgan fingerprint density at radius 1 is 1.07 bits per heavy atom. The SMILES string of the molecule is C[C@@H](Nc1ccc2ccccc2c1)C(=O)N/N=C\c1cccc([N+](=O)[O-])c1. The summed E-state index contributed by atoms with van der Waals surface area (Å²) >= 11 is 0. The molecule has 1 amide bonds. The lowest BCUT2D eigenvalue weighted by molar-refractivity contribution is -0.384. The molecular weight excluding hydrogens is 344 g/mol. The van der Waals surface area contributed by atoms with Crippen LogP contribution < -0.4 is 10.7 Å². The van der Waals surface area contributed by atoms with Gasteiger partial charge in [0.05, 0.1) is 11.1 Å². The molecule has 0 radical (unpaired) electrons. The summed E-state index contributed by atoms with van der Waals surface area (Å²) in [6.45, 7) is 1.73. The van der Waals surface area contributed by atoms with Gasteiger partial charge in [0.15, 0.2) is 0 Å². The van der Waals surface area contributed by atoms with E-state index >= 15 is 0 Å². The second-order valence-electron chi connectivity index (χ2n) is 6.01. The Labute approximate surface area is 155 Å². The number of hydrogen-bond acceptors (Lipinski definition) is 5. The van der Waals surface area contributed by atoms with Crippen LogP contribution in [0, 0.1) is 10.1 Å². The number of rotatable bonds is 6. The van der Waals surface area contributed by atoms with Gasteiger partial charge in [0.1, 0.15) is 6.04 Å². The molecule has 0 bridgehead atoms. The predicted molar refractivity (Wildman–Crippen MR) is 106 cm³/mol. The second kappa shape index (κ2) is 8.09. The van der Waals surface area contributed by atoms with Gasteiger partial charge >= 0.3 is 0 Å². The standard InChI is InChI=1S/C20H18N4O3/c1-14(22-18-10-9-16-6-2-3-7-17(16)12-18)20(25)23-21-13-15-5-4-8-19(11-15)24(26)27/h2-14,22H,1H3,(H,23,25)/b21-13-/t14-/m1/s1. The number of hydrazone groups is 1. The zero-order valence-corrected chi connectivity index (χ0v) is 14.6. The average molecular weight is 362 g/mol. The van der Waals surface area contributed by atoms with E-state index < -0.39 is 11.0 Å². The molecule has 27 heavy (non-hydrogen) atoms. The average Bonchev–Trinajstić information content (AvgIpc) is 2.68. The Bertz CT molecular complexity index is 1020. The lowest BCUT2D eigenvalue weighted by atomic mass is 10.1. The first-order valence-electron chi connectivity index (χ1n) is 8.35. The van der Waals surface area contributed by atoms with E-state index in [0.29, 0.717) is 5.56 Å². The van der Waals surface area contributed by atoms with Gasteiger partial charge in [0.25, 0.3) is 11.6 Å². The highest BCUT2D eigenvalue weighted by molar-refractivity contribution is 5.89. The van der Waals surface area contributed by atoms with Crippen molar-refractivity contribution in [2.75, 3.05) is 5.32 Å². The fraction of sp³-hybridized carbons (Fsp3) is 0.100. The van der Waals surface area contributed by atoms with Crippen molar-refractivity contribution in [2.24, 2.45) is 5.10 Å². The second-order valence-corrected chi connectivity index (χ2v) is 6.01. The molecule has 2 N–H and O–H groups in total. The van der Waals surface area contributed by atoms with Crippen LogP contribution in [0.5, 0.6) is 0 Å². The van der Waals surface area contributed by atoms with Crippen LogP contribution in [-0.4, -0.2) is 23.1 Å². The van der Waals surface area contributed by atoms with Gasteiger partial charge in [-0.15, -0.1) is 0 Å². The largest absolute Gasteiger partial charge is 0.374 e. The molecule has 3 aromatic rings. The number of nitrogens with one attached hydrogen (secondary N) is 2. The third-order valence-electron chi connectivity index (χ3n) is 4.00. The number of non-ortho nitro benzene ring substituents is 1. The Morgan fingerprint density at radius 2 is 1.85 bits per heavy atom. The molecule has 0 aromatic heterocycles. The normalized spacial score (nSPS) is 12.0. The maximum Gasteiger partial charge on any atom is 0.270 e. The minimum Gasteiger partial charge on any atom is -0.374 e. The van der Waals surface area contributed by atoms with Gasteiger partial charge in [-0.2, -0.15) is 5.10 Å². The number of carbonyl (C=O) groups is 1. The Balaban J connectivity index is 1.60. The number of fused-ring (bicyclic) bond motifs is 1. The summed E-state index contributed by atoms with van der Waals surface area (Å²) in [7, 11) is 0. The highest BCUT2D eigenvalue weighted by Crippen LogP contribution is 2.19. The third-order valence-corrected chi connectivity index (χ3v) is 4.00. The van der Waals surface area contributed by atoms with Gasteiger partial charge in [-0.1, -0.05) is 42.5 Å². The minimum atomic E-state index is -0.506. The molecule has 0 spiro atoms. The summed E-state index contributed by atoms with van der Waals surface area (Å²) < 4.78 is 0. The van der Waals surface area contributed by atoms with Crippen LogP contribution in [0.2, 0.25) is 0 Å². The fourth-order valence-corrected chi connectivity index (χ4v) is 2.58. The first-order valence-corrected chi connectivity index (χ1v) is 8.35. The quantitative estimate of drug-likeness (QED) is 0.397. The zero-order chi connectivity index (χ0) is 19.2. The summed E-state index contributed by atoms with van der Waals surface area (Å²) in [6, 6.07) is 19.4.